The Hall–Kier alpha value is -2.53. The summed E-state index contributed by atoms with van der Waals surface area (Å²) in [4.78, 5) is 12.1. The molecule has 2 rings (SSSR count). The molecule has 0 aliphatic heterocycles. The van der Waals surface area contributed by atoms with E-state index in [9.17, 15) is 15.0 Å². The van der Waals surface area contributed by atoms with E-state index < -0.39 is 5.41 Å². The maximum atomic E-state index is 12.1. The highest BCUT2D eigenvalue weighted by Gasteiger charge is 2.30. The molecule has 0 bridgehead atoms. The number of phenolic OH excluding ortho intramolecular Hbond substituents is 2. The Morgan fingerprint density at radius 3 is 1.88 bits per heavy atom. The molecule has 0 aliphatic carbocycles. The zero-order valence-electron chi connectivity index (χ0n) is 15.3. The van der Waals surface area contributed by atoms with Crippen molar-refractivity contribution in [3.05, 3.63) is 59.7 Å². The van der Waals surface area contributed by atoms with Crippen LogP contribution in [0.4, 0.5) is 0 Å². The van der Waals surface area contributed by atoms with E-state index in [4.69, 9.17) is 9.47 Å². The lowest BCUT2D eigenvalue weighted by molar-refractivity contribution is -0.145. The van der Waals surface area contributed by atoms with Crippen molar-refractivity contribution in [1.82, 2.24) is 0 Å². The molecule has 0 spiro atoms. The minimum atomic E-state index is -0.458. The van der Waals surface area contributed by atoms with Gasteiger partial charge < -0.3 is 19.7 Å². The van der Waals surface area contributed by atoms with Gasteiger partial charge in [0.15, 0.2) is 0 Å². The number of carbonyl (C=O) groups is 1. The van der Waals surface area contributed by atoms with Gasteiger partial charge in [-0.2, -0.15) is 0 Å². The number of hydrogen-bond acceptors (Lipinski definition) is 5. The first-order valence-electron chi connectivity index (χ1n) is 8.78. The summed E-state index contributed by atoms with van der Waals surface area (Å²) < 4.78 is 10.4. The number of aromatic hydroxyl groups is 2. The van der Waals surface area contributed by atoms with Crippen LogP contribution in [0.15, 0.2) is 48.5 Å². The summed E-state index contributed by atoms with van der Waals surface area (Å²) in [5.41, 5.74) is 1.49. The van der Waals surface area contributed by atoms with E-state index in [1.807, 2.05) is 38.1 Å². The highest BCUT2D eigenvalue weighted by molar-refractivity contribution is 5.69. The predicted octanol–water partition coefficient (Wildman–Crippen LogP) is 3.76. The topological polar surface area (TPSA) is 76.0 Å². The predicted molar refractivity (Wildman–Crippen MR) is 99.4 cm³/mol. The molecule has 5 nitrogen and oxygen atoms in total. The zero-order valence-corrected chi connectivity index (χ0v) is 15.3. The third kappa shape index (κ3) is 5.23. The first kappa shape index (κ1) is 19.8. The average Bonchev–Trinajstić information content (AvgIpc) is 2.64. The van der Waals surface area contributed by atoms with Gasteiger partial charge in [0, 0.05) is 18.4 Å². The fourth-order valence-corrected chi connectivity index (χ4v) is 2.90. The molecule has 0 aliphatic rings. The number of esters is 1. The van der Waals surface area contributed by atoms with Crippen LogP contribution in [0, 0.1) is 0 Å². The summed E-state index contributed by atoms with van der Waals surface area (Å²) in [6.45, 7) is 5.18. The highest BCUT2D eigenvalue weighted by Crippen LogP contribution is 2.37. The second-order valence-corrected chi connectivity index (χ2v) is 6.34. The van der Waals surface area contributed by atoms with Gasteiger partial charge in [-0.1, -0.05) is 31.2 Å². The molecule has 0 saturated carbocycles. The molecule has 0 fully saturated rings. The van der Waals surface area contributed by atoms with E-state index in [0.717, 1.165) is 11.1 Å². The number of benzene rings is 2. The van der Waals surface area contributed by atoms with E-state index in [2.05, 4.69) is 0 Å². The number of ether oxygens (including phenoxy) is 2. The minimum Gasteiger partial charge on any atom is -0.508 e. The molecule has 0 heterocycles. The van der Waals surface area contributed by atoms with Gasteiger partial charge in [-0.3, -0.25) is 4.79 Å². The molecule has 0 atom stereocenters. The fraction of sp³-hybridized carbons (Fsp3) is 0.381. The first-order chi connectivity index (χ1) is 12.5. The van der Waals surface area contributed by atoms with Crippen molar-refractivity contribution < 1.29 is 24.5 Å². The van der Waals surface area contributed by atoms with Gasteiger partial charge in [0.1, 0.15) is 18.1 Å². The van der Waals surface area contributed by atoms with Gasteiger partial charge >= 0.3 is 5.97 Å². The standard InChI is InChI=1S/C21H26O5/c1-3-25-14-15-26-20(24)12-13-21(2,16-4-8-18(22)9-5-16)17-6-10-19(23)11-7-17/h4-11,22-23H,3,12-15H2,1-2H3. The van der Waals surface area contributed by atoms with Crippen LogP contribution in [0.5, 0.6) is 11.5 Å². The summed E-state index contributed by atoms with van der Waals surface area (Å²) in [6, 6.07) is 13.9. The summed E-state index contributed by atoms with van der Waals surface area (Å²) in [6.07, 6.45) is 0.792. The largest absolute Gasteiger partial charge is 0.508 e. The maximum absolute atomic E-state index is 12.1. The Labute approximate surface area is 154 Å². The van der Waals surface area contributed by atoms with Crippen molar-refractivity contribution in [2.45, 2.75) is 32.1 Å². The second-order valence-electron chi connectivity index (χ2n) is 6.34. The van der Waals surface area contributed by atoms with Gasteiger partial charge in [-0.25, -0.2) is 0 Å². The smallest absolute Gasteiger partial charge is 0.305 e. The van der Waals surface area contributed by atoms with E-state index in [1.165, 1.54) is 0 Å². The summed E-state index contributed by atoms with van der Waals surface area (Å²) in [5, 5.41) is 19.1. The molecule has 26 heavy (non-hydrogen) atoms. The van der Waals surface area contributed by atoms with Crippen LogP contribution in [-0.2, 0) is 19.7 Å². The van der Waals surface area contributed by atoms with E-state index >= 15 is 0 Å². The van der Waals surface area contributed by atoms with Gasteiger partial charge in [0.25, 0.3) is 0 Å². The normalized spacial score (nSPS) is 11.3. The molecule has 5 heteroatoms. The zero-order chi connectivity index (χ0) is 19.0. The number of rotatable bonds is 9. The van der Waals surface area contributed by atoms with Crippen LogP contribution < -0.4 is 0 Å². The lowest BCUT2D eigenvalue weighted by atomic mass is 9.73. The molecule has 0 radical (unpaired) electrons. The third-order valence-corrected chi connectivity index (χ3v) is 4.53. The molecule has 140 valence electrons. The van der Waals surface area contributed by atoms with E-state index in [-0.39, 0.29) is 30.5 Å². The molecule has 0 aromatic heterocycles. The van der Waals surface area contributed by atoms with E-state index in [0.29, 0.717) is 19.6 Å². The number of phenols is 2. The van der Waals surface area contributed by atoms with E-state index in [1.54, 1.807) is 24.3 Å². The monoisotopic (exact) mass is 358 g/mol. The van der Waals surface area contributed by atoms with Crippen molar-refractivity contribution in [1.29, 1.82) is 0 Å². The second kappa shape index (κ2) is 9.25. The molecular formula is C21H26O5. The summed E-state index contributed by atoms with van der Waals surface area (Å²) in [7, 11) is 0. The fourth-order valence-electron chi connectivity index (χ4n) is 2.90. The van der Waals surface area contributed by atoms with Crippen LogP contribution in [-0.4, -0.2) is 36.0 Å². The Bertz CT molecular complexity index is 646. The van der Waals surface area contributed by atoms with Crippen LogP contribution in [0.25, 0.3) is 0 Å². The summed E-state index contributed by atoms with van der Waals surface area (Å²) >= 11 is 0. The molecule has 0 amide bonds. The third-order valence-electron chi connectivity index (χ3n) is 4.53. The molecule has 0 unspecified atom stereocenters. The highest BCUT2D eigenvalue weighted by atomic mass is 16.6. The van der Waals surface area contributed by atoms with Gasteiger partial charge in [0.2, 0.25) is 0 Å². The van der Waals surface area contributed by atoms with Gasteiger partial charge in [-0.05, 0) is 48.7 Å². The lowest BCUT2D eigenvalue weighted by Gasteiger charge is -2.31. The average molecular weight is 358 g/mol. The van der Waals surface area contributed by atoms with Gasteiger partial charge in [-0.15, -0.1) is 0 Å². The Morgan fingerprint density at radius 1 is 0.923 bits per heavy atom. The van der Waals surface area contributed by atoms with Crippen molar-refractivity contribution in [3.63, 3.8) is 0 Å². The Balaban J connectivity index is 2.14. The Morgan fingerprint density at radius 2 is 1.42 bits per heavy atom. The summed E-state index contributed by atoms with van der Waals surface area (Å²) in [5.74, 6) is 0.114. The number of hydrogen-bond donors (Lipinski definition) is 2. The Kier molecular flexibility index (Phi) is 7.04. The number of carbonyl (C=O) groups excluding carboxylic acids is 1. The molecule has 0 saturated heterocycles. The molecule has 2 N–H and O–H groups in total. The molecule has 2 aromatic rings. The van der Waals surface area contributed by atoms with Crippen molar-refractivity contribution in [2.75, 3.05) is 19.8 Å². The lowest BCUT2D eigenvalue weighted by Crippen LogP contribution is -2.25. The minimum absolute atomic E-state index is 0.192. The van der Waals surface area contributed by atoms with Gasteiger partial charge in [0.05, 0.1) is 6.61 Å². The van der Waals surface area contributed by atoms with Crippen LogP contribution in [0.2, 0.25) is 0 Å². The van der Waals surface area contributed by atoms with Crippen LogP contribution in [0.1, 0.15) is 37.8 Å². The van der Waals surface area contributed by atoms with Crippen molar-refractivity contribution in [2.24, 2.45) is 0 Å². The first-order valence-corrected chi connectivity index (χ1v) is 8.78. The van der Waals surface area contributed by atoms with Crippen LogP contribution >= 0.6 is 0 Å². The van der Waals surface area contributed by atoms with Crippen molar-refractivity contribution in [3.8, 4) is 11.5 Å². The molecular weight excluding hydrogens is 332 g/mol. The molecule has 2 aromatic carbocycles. The van der Waals surface area contributed by atoms with Crippen molar-refractivity contribution >= 4 is 5.97 Å². The SMILES string of the molecule is CCOCCOC(=O)CCC(C)(c1ccc(O)cc1)c1ccc(O)cc1. The maximum Gasteiger partial charge on any atom is 0.305 e. The quantitative estimate of drug-likeness (QED) is 0.527. The van der Waals surface area contributed by atoms with Crippen LogP contribution in [0.3, 0.4) is 0 Å².